The molecular weight excluding hydrogens is 448 g/mol. The first-order chi connectivity index (χ1) is 15.9. The number of para-hydroxylation sites is 1. The number of fused-ring (bicyclic) bond motifs is 1. The minimum atomic E-state index is -1.80. The molecule has 1 aliphatic heterocycles. The number of hydrogen-bond donors (Lipinski definition) is 1. The van der Waals surface area contributed by atoms with Gasteiger partial charge in [-0.2, -0.15) is 9.78 Å². The number of nitrogens with one attached hydrogen (secondary N) is 1. The van der Waals surface area contributed by atoms with Crippen molar-refractivity contribution in [2.24, 2.45) is 0 Å². The van der Waals surface area contributed by atoms with E-state index in [9.17, 15) is 14.4 Å². The minimum Gasteiger partial charge on any atom is -0.484 e. The van der Waals surface area contributed by atoms with Crippen LogP contribution in [0.5, 0.6) is 5.75 Å². The lowest BCUT2D eigenvalue weighted by Gasteiger charge is -2.48. The summed E-state index contributed by atoms with van der Waals surface area (Å²) < 4.78 is 6.95. The molecule has 2 aliphatic rings. The highest BCUT2D eigenvalue weighted by Crippen LogP contribution is 2.56. The predicted molar refractivity (Wildman–Crippen MR) is 133 cm³/mol. The SMILES string of the molecule is CC(=O)n1nc2c(c1NC(=O)C1([Si](C)(C)C)CCC1)CN(C(=O)COc1ccccc1)C2(C)C. The van der Waals surface area contributed by atoms with E-state index in [4.69, 9.17) is 4.74 Å². The van der Waals surface area contributed by atoms with Crippen LogP contribution in [0, 0.1) is 0 Å². The Labute approximate surface area is 201 Å². The lowest BCUT2D eigenvalue weighted by molar-refractivity contribution is -0.138. The van der Waals surface area contributed by atoms with Crippen LogP contribution in [0.2, 0.25) is 24.7 Å². The molecule has 0 radical (unpaired) electrons. The summed E-state index contributed by atoms with van der Waals surface area (Å²) in [6.07, 6.45) is 2.79. The zero-order valence-electron chi connectivity index (χ0n) is 20.9. The van der Waals surface area contributed by atoms with Gasteiger partial charge in [-0.05, 0) is 38.8 Å². The molecule has 34 heavy (non-hydrogen) atoms. The summed E-state index contributed by atoms with van der Waals surface area (Å²) in [4.78, 5) is 40.8. The number of rotatable bonds is 6. The fraction of sp³-hybridized carbons (Fsp3) is 0.520. The first-order valence-corrected chi connectivity index (χ1v) is 15.3. The van der Waals surface area contributed by atoms with Crippen LogP contribution >= 0.6 is 0 Å². The Bertz CT molecular complexity index is 1130. The molecule has 2 amide bonds. The summed E-state index contributed by atoms with van der Waals surface area (Å²) >= 11 is 0. The molecule has 0 unspecified atom stereocenters. The van der Waals surface area contributed by atoms with E-state index < -0.39 is 13.6 Å². The van der Waals surface area contributed by atoms with Crippen molar-refractivity contribution < 1.29 is 19.1 Å². The quantitative estimate of drug-likeness (QED) is 0.616. The van der Waals surface area contributed by atoms with Gasteiger partial charge in [0.05, 0.1) is 25.9 Å². The molecule has 0 spiro atoms. The molecule has 1 fully saturated rings. The van der Waals surface area contributed by atoms with Crippen molar-refractivity contribution in [3.63, 3.8) is 0 Å². The lowest BCUT2D eigenvalue weighted by atomic mass is 9.83. The van der Waals surface area contributed by atoms with E-state index >= 15 is 0 Å². The zero-order chi connectivity index (χ0) is 24.9. The number of carbonyl (C=O) groups is 3. The van der Waals surface area contributed by atoms with Gasteiger partial charge in [-0.1, -0.05) is 44.3 Å². The van der Waals surface area contributed by atoms with Crippen molar-refractivity contribution >= 4 is 31.6 Å². The van der Waals surface area contributed by atoms with Crippen molar-refractivity contribution in [3.8, 4) is 5.75 Å². The first kappa shape index (κ1) is 24.2. The maximum absolute atomic E-state index is 13.5. The molecule has 1 aromatic carbocycles. The van der Waals surface area contributed by atoms with Crippen LogP contribution in [-0.4, -0.2) is 47.1 Å². The number of carbonyl (C=O) groups excluding carboxylic acids is 3. The van der Waals surface area contributed by atoms with Crippen molar-refractivity contribution in [3.05, 3.63) is 41.6 Å². The Hall–Kier alpha value is -2.94. The summed E-state index contributed by atoms with van der Waals surface area (Å²) in [6.45, 7) is 12.0. The molecule has 1 N–H and O–H groups in total. The van der Waals surface area contributed by atoms with Crippen molar-refractivity contribution in [2.75, 3.05) is 11.9 Å². The van der Waals surface area contributed by atoms with Gasteiger partial charge in [0.2, 0.25) is 11.8 Å². The lowest BCUT2D eigenvalue weighted by Crippen LogP contribution is -2.52. The fourth-order valence-corrected chi connectivity index (χ4v) is 7.74. The Morgan fingerprint density at radius 3 is 2.29 bits per heavy atom. The van der Waals surface area contributed by atoms with Crippen LogP contribution < -0.4 is 10.1 Å². The highest BCUT2D eigenvalue weighted by Gasteiger charge is 2.54. The number of ether oxygens (including phenoxy) is 1. The van der Waals surface area contributed by atoms with E-state index in [2.05, 4.69) is 30.1 Å². The van der Waals surface area contributed by atoms with Crippen LogP contribution in [0.3, 0.4) is 0 Å². The maximum atomic E-state index is 13.5. The van der Waals surface area contributed by atoms with Crippen LogP contribution in [0.1, 0.15) is 56.1 Å². The molecule has 8 nitrogen and oxygen atoms in total. The third kappa shape index (κ3) is 3.85. The van der Waals surface area contributed by atoms with Crippen molar-refractivity contribution in [2.45, 2.75) is 76.8 Å². The molecule has 1 saturated carbocycles. The Morgan fingerprint density at radius 1 is 1.12 bits per heavy atom. The monoisotopic (exact) mass is 482 g/mol. The Morgan fingerprint density at radius 2 is 1.76 bits per heavy atom. The molecule has 0 atom stereocenters. The van der Waals surface area contributed by atoms with E-state index in [0.717, 1.165) is 19.3 Å². The van der Waals surface area contributed by atoms with Gasteiger partial charge in [0, 0.05) is 17.5 Å². The molecule has 0 bridgehead atoms. The summed E-state index contributed by atoms with van der Waals surface area (Å²) in [5.74, 6) is 0.525. The molecule has 9 heteroatoms. The Kier molecular flexibility index (Phi) is 5.96. The highest BCUT2D eigenvalue weighted by molar-refractivity contribution is 6.83. The number of nitrogens with zero attached hydrogens (tertiary/aromatic N) is 3. The molecule has 4 rings (SSSR count). The van der Waals surface area contributed by atoms with Gasteiger partial charge in [-0.3, -0.25) is 14.4 Å². The van der Waals surface area contributed by atoms with Gasteiger partial charge in [-0.15, -0.1) is 0 Å². The smallest absolute Gasteiger partial charge is 0.261 e. The van der Waals surface area contributed by atoms with Crippen LogP contribution in [-0.2, 0) is 21.7 Å². The molecule has 2 heterocycles. The topological polar surface area (TPSA) is 93.5 Å². The van der Waals surface area contributed by atoms with Gasteiger partial charge in [-0.25, -0.2) is 0 Å². The van der Waals surface area contributed by atoms with E-state index in [0.29, 0.717) is 22.8 Å². The fourth-order valence-electron chi connectivity index (χ4n) is 5.15. The van der Waals surface area contributed by atoms with E-state index in [-0.39, 0.29) is 35.9 Å². The number of amides is 2. The van der Waals surface area contributed by atoms with Gasteiger partial charge in [0.25, 0.3) is 5.91 Å². The standard InChI is InChI=1S/C25H34N4O4Si/c1-17(30)29-22(26-23(32)25(13-10-14-25)34(4,5)6)19-15-28(24(2,3)21(19)27-29)20(31)16-33-18-11-8-7-9-12-18/h7-9,11-12H,10,13-16H2,1-6H3,(H,26,32). The number of hydrogen-bond acceptors (Lipinski definition) is 5. The number of aromatic nitrogens is 2. The second-order valence-corrected chi connectivity index (χ2v) is 16.3. The number of anilines is 1. The van der Waals surface area contributed by atoms with Crippen LogP contribution in [0.25, 0.3) is 0 Å². The summed E-state index contributed by atoms with van der Waals surface area (Å²) in [5.41, 5.74) is 0.591. The Balaban J connectivity index is 1.61. The second-order valence-electron chi connectivity index (χ2n) is 10.9. The van der Waals surface area contributed by atoms with Crippen molar-refractivity contribution in [1.82, 2.24) is 14.7 Å². The average Bonchev–Trinajstić information content (AvgIpc) is 3.20. The van der Waals surface area contributed by atoms with E-state index in [1.54, 1.807) is 17.0 Å². The summed E-state index contributed by atoms with van der Waals surface area (Å²) in [7, 11) is -1.80. The molecule has 0 saturated heterocycles. The third-order valence-electron chi connectivity index (χ3n) is 7.57. The normalized spacial score (nSPS) is 18.1. The first-order valence-electron chi connectivity index (χ1n) is 11.8. The zero-order valence-corrected chi connectivity index (χ0v) is 21.9. The second kappa shape index (κ2) is 8.37. The van der Waals surface area contributed by atoms with Crippen molar-refractivity contribution in [1.29, 1.82) is 0 Å². The predicted octanol–water partition coefficient (Wildman–Crippen LogP) is 4.40. The van der Waals surface area contributed by atoms with Gasteiger partial charge < -0.3 is 15.0 Å². The largest absolute Gasteiger partial charge is 0.484 e. The summed E-state index contributed by atoms with van der Waals surface area (Å²) in [5, 5.41) is 7.30. The highest BCUT2D eigenvalue weighted by atomic mass is 28.3. The van der Waals surface area contributed by atoms with E-state index in [1.165, 1.54) is 11.6 Å². The molecule has 2 aromatic rings. The molecule has 1 aromatic heterocycles. The van der Waals surface area contributed by atoms with Gasteiger partial charge in [0.1, 0.15) is 11.6 Å². The average molecular weight is 483 g/mol. The van der Waals surface area contributed by atoms with E-state index in [1.807, 2.05) is 32.0 Å². The third-order valence-corrected chi connectivity index (χ3v) is 11.2. The molecular formula is C25H34N4O4Si. The van der Waals surface area contributed by atoms with Crippen LogP contribution in [0.15, 0.2) is 30.3 Å². The molecule has 182 valence electrons. The minimum absolute atomic E-state index is 0.0295. The maximum Gasteiger partial charge on any atom is 0.261 e. The van der Waals surface area contributed by atoms with Gasteiger partial charge in [0.15, 0.2) is 6.61 Å². The van der Waals surface area contributed by atoms with Crippen LogP contribution in [0.4, 0.5) is 5.82 Å². The molecule has 1 aliphatic carbocycles. The summed E-state index contributed by atoms with van der Waals surface area (Å²) in [6, 6.07) is 9.19. The number of benzene rings is 1. The van der Waals surface area contributed by atoms with Gasteiger partial charge >= 0.3 is 0 Å².